The molecule has 9 aromatic carbocycles. The first kappa shape index (κ1) is 33.6. The molecule has 0 aliphatic heterocycles. The van der Waals surface area contributed by atoms with E-state index in [2.05, 4.69) is 231 Å². The second-order valence-corrected chi connectivity index (χ2v) is 15.5. The Balaban J connectivity index is 0.974. The first-order valence-corrected chi connectivity index (χ1v) is 19.5. The van der Waals surface area contributed by atoms with E-state index in [0.717, 1.165) is 17.1 Å². The lowest BCUT2D eigenvalue weighted by Crippen LogP contribution is -2.11. The Bertz CT molecular complexity index is 2890. The summed E-state index contributed by atoms with van der Waals surface area (Å²) in [5, 5.41) is 5.03. The minimum Gasteiger partial charge on any atom is -0.311 e. The highest BCUT2D eigenvalue weighted by atomic mass is 15.1. The van der Waals surface area contributed by atoms with Crippen molar-refractivity contribution in [2.75, 3.05) is 4.90 Å². The van der Waals surface area contributed by atoms with Gasteiger partial charge in [0.25, 0.3) is 0 Å². The van der Waals surface area contributed by atoms with E-state index in [4.69, 9.17) is 0 Å². The molecule has 1 heteroatoms. The van der Waals surface area contributed by atoms with Crippen LogP contribution in [0.3, 0.4) is 0 Å². The second-order valence-electron chi connectivity index (χ2n) is 15.5. The molecule has 56 heavy (non-hydrogen) atoms. The molecule has 266 valence electrons. The molecule has 10 rings (SSSR count). The summed E-state index contributed by atoms with van der Waals surface area (Å²) >= 11 is 0. The maximum absolute atomic E-state index is 2.36. The van der Waals surface area contributed by atoms with E-state index in [9.17, 15) is 0 Å². The van der Waals surface area contributed by atoms with Crippen molar-refractivity contribution in [1.29, 1.82) is 0 Å². The zero-order valence-corrected chi connectivity index (χ0v) is 31.7. The summed E-state index contributed by atoms with van der Waals surface area (Å²) in [6.45, 7) is 4.58. The first-order valence-electron chi connectivity index (χ1n) is 19.5. The number of nitrogens with zero attached hydrogens (tertiary/aromatic N) is 1. The van der Waals surface area contributed by atoms with Gasteiger partial charge < -0.3 is 4.90 Å². The van der Waals surface area contributed by atoms with Crippen LogP contribution in [-0.4, -0.2) is 0 Å². The van der Waals surface area contributed by atoms with Crippen molar-refractivity contribution >= 4 is 44.7 Å². The van der Waals surface area contributed by atoms with E-state index < -0.39 is 0 Å². The van der Waals surface area contributed by atoms with Crippen LogP contribution in [0.15, 0.2) is 206 Å². The van der Waals surface area contributed by atoms with Crippen LogP contribution in [0.5, 0.6) is 0 Å². The number of allylic oxidation sites excluding steroid dienone is 1. The molecule has 0 fully saturated rings. The predicted molar refractivity (Wildman–Crippen MR) is 240 cm³/mol. The summed E-state index contributed by atoms with van der Waals surface area (Å²) in [6, 6.07) is 73.3. The van der Waals surface area contributed by atoms with E-state index in [1.165, 1.54) is 77.2 Å². The number of benzene rings is 9. The van der Waals surface area contributed by atoms with Gasteiger partial charge in [-0.3, -0.25) is 0 Å². The zero-order chi connectivity index (χ0) is 37.6. The third-order valence-corrected chi connectivity index (χ3v) is 11.5. The molecule has 0 N–H and O–H groups in total. The topological polar surface area (TPSA) is 3.24 Å². The number of hydrogen-bond acceptors (Lipinski definition) is 1. The third-order valence-electron chi connectivity index (χ3n) is 11.5. The van der Waals surface area contributed by atoms with Gasteiger partial charge in [0.15, 0.2) is 0 Å². The van der Waals surface area contributed by atoms with Gasteiger partial charge in [0.05, 0.1) is 0 Å². The summed E-state index contributed by atoms with van der Waals surface area (Å²) in [5.41, 5.74) is 15.8. The molecular weight excluding hydrogens is 675 g/mol. The fourth-order valence-corrected chi connectivity index (χ4v) is 8.28. The maximum Gasteiger partial charge on any atom is 0.0462 e. The molecule has 0 radical (unpaired) electrons. The van der Waals surface area contributed by atoms with E-state index in [-0.39, 0.29) is 5.41 Å². The van der Waals surface area contributed by atoms with Crippen LogP contribution < -0.4 is 4.90 Å². The van der Waals surface area contributed by atoms with E-state index >= 15 is 0 Å². The molecule has 0 amide bonds. The summed E-state index contributed by atoms with van der Waals surface area (Å²) in [7, 11) is 0. The van der Waals surface area contributed by atoms with E-state index in [1.54, 1.807) is 0 Å². The lowest BCUT2D eigenvalue weighted by atomic mass is 9.85. The van der Waals surface area contributed by atoms with Gasteiger partial charge in [-0.05, 0) is 132 Å². The maximum atomic E-state index is 2.36. The molecule has 0 bridgehead atoms. The van der Waals surface area contributed by atoms with E-state index in [1.807, 2.05) is 0 Å². The average Bonchev–Trinajstić information content (AvgIpc) is 3.57. The van der Waals surface area contributed by atoms with Crippen molar-refractivity contribution in [3.63, 3.8) is 0 Å². The lowest BCUT2D eigenvalue weighted by molar-refractivity contribution is 0.684. The highest BCUT2D eigenvalue weighted by Crippen LogP contribution is 2.40. The molecular formula is C55H41N. The van der Waals surface area contributed by atoms with Crippen molar-refractivity contribution in [2.45, 2.75) is 19.3 Å². The zero-order valence-electron chi connectivity index (χ0n) is 31.7. The Kier molecular flexibility index (Phi) is 8.23. The standard InChI is InChI=1S/C55H41N/c1-55(2)34-33-45-17-20-50(37-54(45)55)44-25-31-53(32-26-44)56(52-29-23-43(24-30-52)49-19-16-39-8-4-6-10-47(39)36-49)51-27-21-41(22-28-51)40-11-13-42(14-12-40)48-18-15-38-7-3-5-9-46(38)35-48/h3-37H,1-2H3. The average molecular weight is 716 g/mol. The molecule has 0 saturated heterocycles. The van der Waals surface area contributed by atoms with Crippen LogP contribution in [0.1, 0.15) is 25.0 Å². The van der Waals surface area contributed by atoms with Gasteiger partial charge >= 0.3 is 0 Å². The Hall–Kier alpha value is -6.96. The summed E-state index contributed by atoms with van der Waals surface area (Å²) in [5.74, 6) is 0. The third kappa shape index (κ3) is 6.28. The van der Waals surface area contributed by atoms with Gasteiger partial charge in [0, 0.05) is 22.5 Å². The lowest BCUT2D eigenvalue weighted by Gasteiger charge is -2.26. The quantitative estimate of drug-likeness (QED) is 0.159. The number of fused-ring (bicyclic) bond motifs is 3. The van der Waals surface area contributed by atoms with Gasteiger partial charge in [0.1, 0.15) is 0 Å². The number of anilines is 3. The Morgan fingerprint density at radius 2 is 0.661 bits per heavy atom. The normalized spacial score (nSPS) is 12.9. The Morgan fingerprint density at radius 1 is 0.321 bits per heavy atom. The highest BCUT2D eigenvalue weighted by molar-refractivity contribution is 5.89. The molecule has 1 nitrogen and oxygen atoms in total. The Morgan fingerprint density at radius 3 is 1.11 bits per heavy atom. The molecule has 1 aliphatic carbocycles. The van der Waals surface area contributed by atoms with Crippen LogP contribution >= 0.6 is 0 Å². The first-order chi connectivity index (χ1) is 27.4. The summed E-state index contributed by atoms with van der Waals surface area (Å²) in [6.07, 6.45) is 4.55. The van der Waals surface area contributed by atoms with E-state index in [0.29, 0.717) is 0 Å². The van der Waals surface area contributed by atoms with Gasteiger partial charge in [-0.2, -0.15) is 0 Å². The molecule has 0 aromatic heterocycles. The minimum atomic E-state index is 0.0481. The molecule has 1 aliphatic rings. The highest BCUT2D eigenvalue weighted by Gasteiger charge is 2.25. The van der Waals surface area contributed by atoms with Crippen molar-refractivity contribution in [1.82, 2.24) is 0 Å². The fourth-order valence-electron chi connectivity index (χ4n) is 8.28. The summed E-state index contributed by atoms with van der Waals surface area (Å²) in [4.78, 5) is 2.36. The molecule has 0 saturated carbocycles. The van der Waals surface area contributed by atoms with Gasteiger partial charge in [0.2, 0.25) is 0 Å². The molecule has 9 aromatic rings. The smallest absolute Gasteiger partial charge is 0.0462 e. The van der Waals surface area contributed by atoms with Crippen molar-refractivity contribution in [2.24, 2.45) is 0 Å². The molecule has 0 atom stereocenters. The van der Waals surface area contributed by atoms with Gasteiger partial charge in [-0.25, -0.2) is 0 Å². The Labute approximate surface area is 329 Å². The monoisotopic (exact) mass is 715 g/mol. The number of hydrogen-bond donors (Lipinski definition) is 0. The van der Waals surface area contributed by atoms with Crippen molar-refractivity contribution < 1.29 is 0 Å². The van der Waals surface area contributed by atoms with Crippen LogP contribution in [0.4, 0.5) is 17.1 Å². The van der Waals surface area contributed by atoms with Gasteiger partial charge in [-0.15, -0.1) is 0 Å². The fraction of sp³-hybridized carbons (Fsp3) is 0.0545. The van der Waals surface area contributed by atoms with Gasteiger partial charge in [-0.1, -0.05) is 172 Å². The second kappa shape index (κ2) is 13.7. The molecule has 0 heterocycles. The van der Waals surface area contributed by atoms with Crippen LogP contribution in [0.25, 0.3) is 72.1 Å². The summed E-state index contributed by atoms with van der Waals surface area (Å²) < 4.78 is 0. The largest absolute Gasteiger partial charge is 0.311 e. The minimum absolute atomic E-state index is 0.0481. The van der Waals surface area contributed by atoms with Crippen LogP contribution in [-0.2, 0) is 5.41 Å². The SMILES string of the molecule is CC1(C)C=Cc2ccc(-c3ccc(N(c4ccc(-c5ccc(-c6ccc7ccccc7c6)cc5)cc4)c4ccc(-c5ccc6ccccc6c5)cc4)cc3)cc21. The van der Waals surface area contributed by atoms with Crippen molar-refractivity contribution in [3.05, 3.63) is 217 Å². The van der Waals surface area contributed by atoms with Crippen molar-refractivity contribution in [3.8, 4) is 44.5 Å². The predicted octanol–water partition coefficient (Wildman–Crippen LogP) is 15.4. The van der Waals surface area contributed by atoms with Crippen LogP contribution in [0.2, 0.25) is 0 Å². The number of rotatable bonds is 7. The molecule has 0 spiro atoms. The van der Waals surface area contributed by atoms with Crippen LogP contribution in [0, 0.1) is 0 Å². The molecule has 0 unspecified atom stereocenters.